The summed E-state index contributed by atoms with van der Waals surface area (Å²) in [5.74, 6) is 1.99. The Morgan fingerprint density at radius 1 is 1.44 bits per heavy atom. The number of hydrogen-bond acceptors (Lipinski definition) is 5. The van der Waals surface area contributed by atoms with Crippen molar-refractivity contribution in [3.05, 3.63) is 11.5 Å². The van der Waals surface area contributed by atoms with Crippen molar-refractivity contribution in [2.75, 3.05) is 17.2 Å². The van der Waals surface area contributed by atoms with Crippen molar-refractivity contribution in [1.29, 1.82) is 0 Å². The van der Waals surface area contributed by atoms with Crippen LogP contribution in [0.25, 0.3) is 11.0 Å². The predicted molar refractivity (Wildman–Crippen MR) is 75.4 cm³/mol. The molecule has 0 aromatic carbocycles. The van der Waals surface area contributed by atoms with Crippen LogP contribution in [0.2, 0.25) is 5.28 Å². The Bertz CT molecular complexity index is 572. The summed E-state index contributed by atoms with van der Waals surface area (Å²) in [5, 5.41) is 8.65. The molecule has 0 bridgehead atoms. The van der Waals surface area contributed by atoms with Crippen LogP contribution in [-0.4, -0.2) is 43.8 Å². The molecule has 18 heavy (non-hydrogen) atoms. The standard InChI is InChI=1S/C11H14ClN5S/c1-6-7(2)18-4-3-17(6)10-8-5-13-16-9(8)14-11(12)15-10/h5-7H,3-4H2,1-2H3,(H,13,14,15,16). The summed E-state index contributed by atoms with van der Waals surface area (Å²) in [5.41, 5.74) is 0.697. The highest BCUT2D eigenvalue weighted by Gasteiger charge is 2.28. The van der Waals surface area contributed by atoms with Crippen LogP contribution in [0.4, 0.5) is 5.82 Å². The van der Waals surface area contributed by atoms with E-state index in [2.05, 4.69) is 38.9 Å². The molecule has 2 atom stereocenters. The van der Waals surface area contributed by atoms with Gasteiger partial charge in [-0.05, 0) is 18.5 Å². The molecular weight excluding hydrogens is 270 g/mol. The highest BCUT2D eigenvalue weighted by Crippen LogP contribution is 2.31. The molecule has 1 fully saturated rings. The number of anilines is 1. The fourth-order valence-electron chi connectivity index (χ4n) is 2.24. The van der Waals surface area contributed by atoms with Gasteiger partial charge in [0, 0.05) is 23.6 Å². The third-order valence-corrected chi connectivity index (χ3v) is 4.93. The highest BCUT2D eigenvalue weighted by atomic mass is 35.5. The Labute approximate surface area is 114 Å². The van der Waals surface area contributed by atoms with Crippen molar-refractivity contribution < 1.29 is 0 Å². The van der Waals surface area contributed by atoms with E-state index in [0.717, 1.165) is 23.5 Å². The predicted octanol–water partition coefficient (Wildman–Crippen LogP) is 2.34. The van der Waals surface area contributed by atoms with E-state index < -0.39 is 0 Å². The number of nitrogens with zero attached hydrogens (tertiary/aromatic N) is 4. The zero-order valence-electron chi connectivity index (χ0n) is 10.2. The summed E-state index contributed by atoms with van der Waals surface area (Å²) >= 11 is 7.98. The molecule has 2 aromatic heterocycles. The van der Waals surface area contributed by atoms with Gasteiger partial charge in [-0.1, -0.05) is 6.92 Å². The number of aromatic nitrogens is 4. The average Bonchev–Trinajstić information content (AvgIpc) is 2.79. The van der Waals surface area contributed by atoms with E-state index in [0.29, 0.717) is 16.9 Å². The lowest BCUT2D eigenvalue weighted by molar-refractivity contribution is 0.622. The monoisotopic (exact) mass is 283 g/mol. The number of nitrogens with one attached hydrogen (secondary N) is 1. The van der Waals surface area contributed by atoms with Crippen LogP contribution >= 0.6 is 23.4 Å². The van der Waals surface area contributed by atoms with Crippen LogP contribution in [0.3, 0.4) is 0 Å². The first-order valence-corrected chi connectivity index (χ1v) is 7.34. The first-order valence-electron chi connectivity index (χ1n) is 5.91. The van der Waals surface area contributed by atoms with Crippen LogP contribution in [0.1, 0.15) is 13.8 Å². The minimum atomic E-state index is 0.264. The van der Waals surface area contributed by atoms with E-state index in [4.69, 9.17) is 11.6 Å². The van der Waals surface area contributed by atoms with Crippen molar-refractivity contribution in [2.45, 2.75) is 25.1 Å². The SMILES string of the molecule is CC1SCCN(c2nc(Cl)nc3[nH]ncc23)C1C. The van der Waals surface area contributed by atoms with E-state index in [9.17, 15) is 0 Å². The topological polar surface area (TPSA) is 57.7 Å². The number of fused-ring (bicyclic) bond motifs is 1. The van der Waals surface area contributed by atoms with Crippen molar-refractivity contribution in [1.82, 2.24) is 20.2 Å². The van der Waals surface area contributed by atoms with Crippen LogP contribution < -0.4 is 4.90 Å². The molecule has 0 amide bonds. The molecule has 0 spiro atoms. The second kappa shape index (κ2) is 4.59. The Hall–Kier alpha value is -1.01. The van der Waals surface area contributed by atoms with Gasteiger partial charge in [-0.25, -0.2) is 0 Å². The van der Waals surface area contributed by atoms with Gasteiger partial charge in [0.1, 0.15) is 5.82 Å². The summed E-state index contributed by atoms with van der Waals surface area (Å²) in [6.45, 7) is 5.44. The molecule has 3 rings (SSSR count). The van der Waals surface area contributed by atoms with Gasteiger partial charge in [0.2, 0.25) is 5.28 Å². The first kappa shape index (κ1) is 12.0. The summed E-state index contributed by atoms with van der Waals surface area (Å²) in [4.78, 5) is 10.8. The van der Waals surface area contributed by atoms with Crippen LogP contribution in [0, 0.1) is 0 Å². The van der Waals surface area contributed by atoms with Crippen molar-refractivity contribution in [2.24, 2.45) is 0 Å². The fraction of sp³-hybridized carbons (Fsp3) is 0.545. The molecule has 1 N–H and O–H groups in total. The van der Waals surface area contributed by atoms with Gasteiger partial charge in [0.15, 0.2) is 5.65 Å². The molecule has 0 aliphatic carbocycles. The van der Waals surface area contributed by atoms with Gasteiger partial charge in [-0.15, -0.1) is 0 Å². The number of hydrogen-bond donors (Lipinski definition) is 1. The zero-order chi connectivity index (χ0) is 12.7. The second-order valence-corrected chi connectivity index (χ2v) is 6.28. The van der Waals surface area contributed by atoms with Crippen molar-refractivity contribution in [3.8, 4) is 0 Å². The van der Waals surface area contributed by atoms with Crippen LogP contribution in [0.5, 0.6) is 0 Å². The quantitative estimate of drug-likeness (QED) is 0.814. The normalized spacial score (nSPS) is 24.7. The molecule has 0 saturated carbocycles. The van der Waals surface area contributed by atoms with E-state index in [1.807, 2.05) is 11.8 Å². The highest BCUT2D eigenvalue weighted by molar-refractivity contribution is 8.00. The van der Waals surface area contributed by atoms with E-state index >= 15 is 0 Å². The van der Waals surface area contributed by atoms with Gasteiger partial charge in [0.05, 0.1) is 11.6 Å². The summed E-state index contributed by atoms with van der Waals surface area (Å²) in [6, 6.07) is 0.424. The molecular formula is C11H14ClN5S. The number of aromatic amines is 1. The molecule has 1 aliphatic rings. The number of halogens is 1. The fourth-order valence-corrected chi connectivity index (χ4v) is 3.51. The maximum atomic E-state index is 5.98. The third kappa shape index (κ3) is 1.93. The van der Waals surface area contributed by atoms with Gasteiger partial charge >= 0.3 is 0 Å². The maximum absolute atomic E-state index is 5.98. The van der Waals surface area contributed by atoms with E-state index in [1.165, 1.54) is 0 Å². The molecule has 7 heteroatoms. The minimum absolute atomic E-state index is 0.264. The minimum Gasteiger partial charge on any atom is -0.351 e. The number of rotatable bonds is 1. The summed E-state index contributed by atoms with van der Waals surface area (Å²) in [6.07, 6.45) is 1.76. The Morgan fingerprint density at radius 2 is 2.28 bits per heavy atom. The zero-order valence-corrected chi connectivity index (χ0v) is 11.8. The third-order valence-electron chi connectivity index (χ3n) is 3.42. The molecule has 1 saturated heterocycles. The number of H-pyrrole nitrogens is 1. The second-order valence-electron chi connectivity index (χ2n) is 4.46. The first-order chi connectivity index (χ1) is 8.66. The molecule has 5 nitrogen and oxygen atoms in total. The Morgan fingerprint density at radius 3 is 3.11 bits per heavy atom. The Balaban J connectivity index is 2.10. The van der Waals surface area contributed by atoms with Gasteiger partial charge < -0.3 is 4.90 Å². The van der Waals surface area contributed by atoms with E-state index in [-0.39, 0.29) is 5.28 Å². The van der Waals surface area contributed by atoms with E-state index in [1.54, 1.807) is 6.20 Å². The van der Waals surface area contributed by atoms with Crippen molar-refractivity contribution in [3.63, 3.8) is 0 Å². The smallest absolute Gasteiger partial charge is 0.226 e. The molecule has 1 aliphatic heterocycles. The lowest BCUT2D eigenvalue weighted by Gasteiger charge is -2.38. The number of thioether (sulfide) groups is 1. The molecule has 0 radical (unpaired) electrons. The lowest BCUT2D eigenvalue weighted by Crippen LogP contribution is -2.45. The van der Waals surface area contributed by atoms with Gasteiger partial charge in [-0.3, -0.25) is 5.10 Å². The summed E-state index contributed by atoms with van der Waals surface area (Å²) < 4.78 is 0. The van der Waals surface area contributed by atoms with Gasteiger partial charge in [0.25, 0.3) is 0 Å². The largest absolute Gasteiger partial charge is 0.351 e. The molecule has 2 unspecified atom stereocenters. The lowest BCUT2D eigenvalue weighted by atomic mass is 10.2. The van der Waals surface area contributed by atoms with Crippen LogP contribution in [0.15, 0.2) is 6.20 Å². The van der Waals surface area contributed by atoms with Crippen molar-refractivity contribution >= 4 is 40.2 Å². The van der Waals surface area contributed by atoms with Gasteiger partial charge in [-0.2, -0.15) is 26.8 Å². The Kier molecular flexibility index (Phi) is 3.07. The molecule has 2 aromatic rings. The molecule has 96 valence electrons. The summed E-state index contributed by atoms with van der Waals surface area (Å²) in [7, 11) is 0. The molecule has 3 heterocycles. The van der Waals surface area contributed by atoms with Crippen LogP contribution in [-0.2, 0) is 0 Å². The maximum Gasteiger partial charge on any atom is 0.226 e. The average molecular weight is 284 g/mol.